The Kier molecular flexibility index (Phi) is 18.0. The lowest BCUT2D eigenvalue weighted by Gasteiger charge is -2.16. The van der Waals surface area contributed by atoms with Gasteiger partial charge in [-0.3, -0.25) is 0 Å². The Bertz CT molecular complexity index is 808. The third-order valence-corrected chi connectivity index (χ3v) is 8.05. The van der Waals surface area contributed by atoms with Crippen LogP contribution in [-0.2, 0) is 12.8 Å². The van der Waals surface area contributed by atoms with Crippen molar-refractivity contribution < 1.29 is 5.11 Å². The number of phenols is 1. The normalized spacial score (nSPS) is 11.3. The first-order valence-electron chi connectivity index (χ1n) is 16.2. The van der Waals surface area contributed by atoms with E-state index < -0.39 is 0 Å². The summed E-state index contributed by atoms with van der Waals surface area (Å²) in [5.41, 5.74) is 5.24. The Morgan fingerprint density at radius 1 is 0.432 bits per heavy atom. The second kappa shape index (κ2) is 21.2. The molecule has 0 saturated heterocycles. The fraction of sp³-hybridized carbons (Fsp3) is 0.667. The summed E-state index contributed by atoms with van der Waals surface area (Å²) in [6.07, 6.45) is 29.9. The van der Waals surface area contributed by atoms with Crippen LogP contribution in [0.4, 0.5) is 0 Å². The van der Waals surface area contributed by atoms with Crippen molar-refractivity contribution >= 4 is 0 Å². The molecule has 0 bridgehead atoms. The van der Waals surface area contributed by atoms with E-state index >= 15 is 0 Å². The first-order chi connectivity index (χ1) is 18.3. The van der Waals surface area contributed by atoms with Crippen LogP contribution in [0, 0.1) is 0 Å². The Labute approximate surface area is 230 Å². The van der Waals surface area contributed by atoms with Crippen LogP contribution in [0.1, 0.15) is 153 Å². The highest BCUT2D eigenvalue weighted by molar-refractivity contribution is 5.74. The SMILES string of the molecule is CCCCCCCCCCCCc1cccc(-c2ccccc2O)c1CCCCCCCCCCCC. The van der Waals surface area contributed by atoms with E-state index in [0.717, 1.165) is 12.0 Å². The van der Waals surface area contributed by atoms with E-state index in [1.165, 1.54) is 152 Å². The van der Waals surface area contributed by atoms with Gasteiger partial charge in [-0.1, -0.05) is 166 Å². The third-order valence-electron chi connectivity index (χ3n) is 8.05. The number of para-hydroxylation sites is 1. The largest absolute Gasteiger partial charge is 0.507 e. The minimum absolute atomic E-state index is 0.405. The topological polar surface area (TPSA) is 20.2 Å². The number of aromatic hydroxyl groups is 1. The molecule has 1 nitrogen and oxygen atoms in total. The van der Waals surface area contributed by atoms with E-state index in [1.807, 2.05) is 18.2 Å². The smallest absolute Gasteiger partial charge is 0.123 e. The summed E-state index contributed by atoms with van der Waals surface area (Å²) in [6, 6.07) is 14.7. The average molecular weight is 507 g/mol. The molecule has 37 heavy (non-hydrogen) atoms. The Balaban J connectivity index is 1.82. The molecule has 2 aromatic rings. The van der Waals surface area contributed by atoms with Gasteiger partial charge in [-0.2, -0.15) is 0 Å². The molecule has 208 valence electrons. The quantitative estimate of drug-likeness (QED) is 0.149. The summed E-state index contributed by atoms with van der Waals surface area (Å²) in [5.74, 6) is 0.405. The van der Waals surface area contributed by atoms with Crippen molar-refractivity contribution in [3.63, 3.8) is 0 Å². The molecule has 0 saturated carbocycles. The Morgan fingerprint density at radius 2 is 0.865 bits per heavy atom. The van der Waals surface area contributed by atoms with Gasteiger partial charge in [-0.05, 0) is 48.4 Å². The summed E-state index contributed by atoms with van der Waals surface area (Å²) in [7, 11) is 0. The van der Waals surface area contributed by atoms with Crippen LogP contribution < -0.4 is 0 Å². The van der Waals surface area contributed by atoms with E-state index in [1.54, 1.807) is 0 Å². The summed E-state index contributed by atoms with van der Waals surface area (Å²) >= 11 is 0. The highest BCUT2D eigenvalue weighted by Crippen LogP contribution is 2.34. The Morgan fingerprint density at radius 3 is 1.38 bits per heavy atom. The lowest BCUT2D eigenvalue weighted by molar-refractivity contribution is 0.477. The summed E-state index contributed by atoms with van der Waals surface area (Å²) in [6.45, 7) is 4.58. The molecule has 0 spiro atoms. The van der Waals surface area contributed by atoms with Gasteiger partial charge in [0.15, 0.2) is 0 Å². The molecule has 1 heteroatoms. The maximum atomic E-state index is 10.6. The number of hydrogen-bond acceptors (Lipinski definition) is 1. The van der Waals surface area contributed by atoms with Crippen molar-refractivity contribution in [2.45, 2.75) is 155 Å². The van der Waals surface area contributed by atoms with Gasteiger partial charge in [0.05, 0.1) is 0 Å². The molecular weight excluding hydrogens is 448 g/mol. The first-order valence-corrected chi connectivity index (χ1v) is 16.2. The van der Waals surface area contributed by atoms with Gasteiger partial charge in [0.2, 0.25) is 0 Å². The molecule has 0 aromatic heterocycles. The summed E-state index contributed by atoms with van der Waals surface area (Å²) in [5, 5.41) is 10.6. The van der Waals surface area contributed by atoms with Crippen molar-refractivity contribution in [3.8, 4) is 16.9 Å². The fourth-order valence-electron chi connectivity index (χ4n) is 5.71. The molecule has 0 aliphatic carbocycles. The van der Waals surface area contributed by atoms with Crippen molar-refractivity contribution in [1.29, 1.82) is 0 Å². The van der Waals surface area contributed by atoms with Crippen LogP contribution in [0.25, 0.3) is 11.1 Å². The minimum atomic E-state index is 0.405. The molecule has 0 aliphatic heterocycles. The number of unbranched alkanes of at least 4 members (excludes halogenated alkanes) is 18. The monoisotopic (exact) mass is 506 g/mol. The highest BCUT2D eigenvalue weighted by Gasteiger charge is 2.13. The maximum Gasteiger partial charge on any atom is 0.123 e. The van der Waals surface area contributed by atoms with E-state index in [9.17, 15) is 5.11 Å². The fourth-order valence-corrected chi connectivity index (χ4v) is 5.71. The first kappa shape index (κ1) is 31.5. The van der Waals surface area contributed by atoms with Crippen molar-refractivity contribution in [1.82, 2.24) is 0 Å². The third kappa shape index (κ3) is 13.6. The van der Waals surface area contributed by atoms with E-state index in [0.29, 0.717) is 5.75 Å². The minimum Gasteiger partial charge on any atom is -0.507 e. The molecule has 0 aliphatic rings. The van der Waals surface area contributed by atoms with Gasteiger partial charge >= 0.3 is 0 Å². The predicted octanol–water partition coefficient (Wildman–Crippen LogP) is 12.0. The maximum absolute atomic E-state index is 10.6. The van der Waals surface area contributed by atoms with Gasteiger partial charge in [0, 0.05) is 5.56 Å². The zero-order valence-electron chi connectivity index (χ0n) is 24.5. The van der Waals surface area contributed by atoms with E-state index in [-0.39, 0.29) is 0 Å². The Hall–Kier alpha value is -1.76. The molecule has 2 rings (SSSR count). The lowest BCUT2D eigenvalue weighted by Crippen LogP contribution is -1.99. The molecule has 2 aromatic carbocycles. The van der Waals surface area contributed by atoms with Crippen LogP contribution in [0.5, 0.6) is 5.75 Å². The molecule has 0 heterocycles. The van der Waals surface area contributed by atoms with Crippen LogP contribution in [0.2, 0.25) is 0 Å². The zero-order chi connectivity index (χ0) is 26.4. The van der Waals surface area contributed by atoms with Gasteiger partial charge in [0.1, 0.15) is 5.75 Å². The number of hydrogen-bond donors (Lipinski definition) is 1. The van der Waals surface area contributed by atoms with Crippen molar-refractivity contribution in [3.05, 3.63) is 53.6 Å². The van der Waals surface area contributed by atoms with Crippen LogP contribution >= 0.6 is 0 Å². The van der Waals surface area contributed by atoms with Crippen LogP contribution in [0.3, 0.4) is 0 Å². The molecule has 0 radical (unpaired) electrons. The number of benzene rings is 2. The predicted molar refractivity (Wildman–Crippen MR) is 165 cm³/mol. The van der Waals surface area contributed by atoms with Gasteiger partial charge < -0.3 is 5.11 Å². The molecule has 0 atom stereocenters. The molecule has 0 amide bonds. The average Bonchev–Trinajstić information content (AvgIpc) is 2.91. The molecule has 0 fully saturated rings. The second-order valence-corrected chi connectivity index (χ2v) is 11.3. The lowest BCUT2D eigenvalue weighted by atomic mass is 9.89. The van der Waals surface area contributed by atoms with E-state index in [4.69, 9.17) is 0 Å². The van der Waals surface area contributed by atoms with Gasteiger partial charge in [-0.25, -0.2) is 0 Å². The van der Waals surface area contributed by atoms with Gasteiger partial charge in [0.25, 0.3) is 0 Å². The number of aryl methyl sites for hydroxylation is 1. The van der Waals surface area contributed by atoms with Gasteiger partial charge in [-0.15, -0.1) is 0 Å². The number of phenolic OH excluding ortho intramolecular Hbond substituents is 1. The highest BCUT2D eigenvalue weighted by atomic mass is 16.3. The standard InChI is InChI=1S/C36H58O/c1-3-5-7-9-11-13-15-17-19-21-26-32-27-25-30-34(35-29-23-24-31-36(35)37)33(32)28-22-20-18-16-14-12-10-8-6-4-2/h23-25,27,29-31,37H,3-22,26,28H2,1-2H3. The molecular formula is C36H58O. The number of rotatable bonds is 23. The van der Waals surface area contributed by atoms with Crippen molar-refractivity contribution in [2.24, 2.45) is 0 Å². The van der Waals surface area contributed by atoms with E-state index in [2.05, 4.69) is 38.1 Å². The second-order valence-electron chi connectivity index (χ2n) is 11.3. The zero-order valence-corrected chi connectivity index (χ0v) is 24.5. The van der Waals surface area contributed by atoms with Crippen LogP contribution in [0.15, 0.2) is 42.5 Å². The summed E-state index contributed by atoms with van der Waals surface area (Å²) in [4.78, 5) is 0. The van der Waals surface area contributed by atoms with Crippen molar-refractivity contribution in [2.75, 3.05) is 0 Å². The molecule has 1 N–H and O–H groups in total. The summed E-state index contributed by atoms with van der Waals surface area (Å²) < 4.78 is 0. The molecule has 0 unspecified atom stereocenters. The van der Waals surface area contributed by atoms with Crippen LogP contribution in [-0.4, -0.2) is 5.11 Å².